The number of halogens is 2. The van der Waals surface area contributed by atoms with Crippen molar-refractivity contribution in [3.05, 3.63) is 54.0 Å². The van der Waals surface area contributed by atoms with Crippen molar-refractivity contribution in [1.29, 1.82) is 5.26 Å². The molecule has 1 amide bonds. The second kappa shape index (κ2) is 13.2. The number of carbonyl (C=O) groups excluding carboxylic acids is 1. The van der Waals surface area contributed by atoms with Gasteiger partial charge in [0.15, 0.2) is 11.3 Å². The Labute approximate surface area is 282 Å². The maximum absolute atomic E-state index is 17.0. The fraction of sp³-hybridized carbons (Fsp3) is 0.444. The van der Waals surface area contributed by atoms with Crippen LogP contribution in [0.3, 0.4) is 0 Å². The third kappa shape index (κ3) is 5.77. The van der Waals surface area contributed by atoms with Gasteiger partial charge in [-0.15, -0.1) is 5.10 Å². The number of likely N-dealkylation sites (N-methyl/N-ethyl adjacent to an activating group) is 1. The smallest absolute Gasteiger partial charge is 0.246 e. The number of aryl methyl sites for hydroxylation is 2. The number of fused-ring (bicyclic) bond motifs is 4. The number of benzene rings is 2. The van der Waals surface area contributed by atoms with E-state index in [1.165, 1.54) is 12.2 Å². The van der Waals surface area contributed by atoms with E-state index in [-0.39, 0.29) is 41.9 Å². The van der Waals surface area contributed by atoms with Crippen LogP contribution in [0, 0.1) is 24.1 Å². The Morgan fingerprint density at radius 2 is 2.04 bits per heavy atom. The lowest BCUT2D eigenvalue weighted by molar-refractivity contribution is -0.130. The molecule has 49 heavy (non-hydrogen) atoms. The van der Waals surface area contributed by atoms with E-state index in [0.717, 1.165) is 35.9 Å². The summed E-state index contributed by atoms with van der Waals surface area (Å²) in [5.41, 5.74) is 3.95. The van der Waals surface area contributed by atoms with Crippen molar-refractivity contribution in [2.24, 2.45) is 7.05 Å². The Morgan fingerprint density at radius 3 is 2.80 bits per heavy atom. The molecule has 0 aliphatic carbocycles. The van der Waals surface area contributed by atoms with Gasteiger partial charge < -0.3 is 9.64 Å². The van der Waals surface area contributed by atoms with Gasteiger partial charge in [-0.25, -0.2) is 18.4 Å². The van der Waals surface area contributed by atoms with Crippen LogP contribution >= 0.6 is 0 Å². The number of aromatic nitrogens is 6. The maximum Gasteiger partial charge on any atom is 0.246 e. The number of carbonyl (C=O) groups is 1. The number of rotatable bonds is 8. The lowest BCUT2D eigenvalue weighted by atomic mass is 9.94. The van der Waals surface area contributed by atoms with E-state index in [1.54, 1.807) is 20.5 Å². The number of nitriles is 1. The molecule has 5 heterocycles. The fourth-order valence-corrected chi connectivity index (χ4v) is 7.76. The number of nitrogens with zero attached hydrogens (tertiary/aromatic N) is 9. The highest BCUT2D eigenvalue weighted by molar-refractivity contribution is 6.06. The highest BCUT2D eigenvalue weighted by atomic mass is 19.1. The summed E-state index contributed by atoms with van der Waals surface area (Å²) in [6, 6.07) is 9.42. The highest BCUT2D eigenvalue weighted by Crippen LogP contribution is 2.40. The average Bonchev–Trinajstić information content (AvgIpc) is 3.83. The number of likely N-dealkylation sites (tertiary alicyclic amines) is 2. The van der Waals surface area contributed by atoms with E-state index in [1.807, 2.05) is 45.2 Å². The minimum absolute atomic E-state index is 0.111. The predicted octanol–water partition coefficient (Wildman–Crippen LogP) is 5.81. The van der Waals surface area contributed by atoms with Gasteiger partial charge in [-0.2, -0.15) is 10.4 Å². The first kappa shape index (κ1) is 32.6. The van der Waals surface area contributed by atoms with E-state index in [4.69, 9.17) is 9.72 Å². The maximum atomic E-state index is 17.0. The second-order valence-electron chi connectivity index (χ2n) is 13.3. The van der Waals surface area contributed by atoms with Gasteiger partial charge in [-0.05, 0) is 82.5 Å². The van der Waals surface area contributed by atoms with E-state index >= 15 is 4.39 Å². The van der Waals surface area contributed by atoms with Crippen LogP contribution in [-0.2, 0) is 11.8 Å². The summed E-state index contributed by atoms with van der Waals surface area (Å²) < 4.78 is 39.9. The first-order valence-corrected chi connectivity index (χ1v) is 16.8. The lowest BCUT2D eigenvalue weighted by Crippen LogP contribution is -2.46. The molecule has 5 aromatic rings. The van der Waals surface area contributed by atoms with E-state index in [9.17, 15) is 14.4 Å². The number of pyridine rings is 1. The molecular weight excluding hydrogens is 628 g/mol. The quantitative estimate of drug-likeness (QED) is 0.190. The van der Waals surface area contributed by atoms with Crippen LogP contribution in [0.2, 0.25) is 0 Å². The number of hydrogen-bond acceptors (Lipinski definition) is 8. The molecular formula is C36H39F2N9O2. The van der Waals surface area contributed by atoms with Gasteiger partial charge in [0.25, 0.3) is 0 Å². The molecule has 1 unspecified atom stereocenters. The third-order valence-corrected chi connectivity index (χ3v) is 10.3. The summed E-state index contributed by atoms with van der Waals surface area (Å²) in [5.74, 6) is -0.579. The van der Waals surface area contributed by atoms with Crippen molar-refractivity contribution in [3.8, 4) is 23.1 Å². The standard InChI is InChI=1S/C36H39F2N9O2/c1-21-17-27-33(32(38)31(21)23-9-10-24-20-40-45(4)29(24)18-23)41-36(49-22(2)28-7-6-15-44(28)3)34-35(27)47(43-42-34)26-12-16-46(25(19-26)11-14-39)30(48)8-5-13-37/h5,8-10,17-18,20,22,25-26,28H,6-7,11-13,15-16,19H2,1-4H3/b8-5+/t22-,25+,26-,28?/m0/s1. The van der Waals surface area contributed by atoms with E-state index in [2.05, 4.69) is 33.4 Å². The number of hydrogen-bond donors (Lipinski definition) is 0. The van der Waals surface area contributed by atoms with Gasteiger partial charge in [0.2, 0.25) is 11.8 Å². The largest absolute Gasteiger partial charge is 0.471 e. The summed E-state index contributed by atoms with van der Waals surface area (Å²) in [5, 5.41) is 24.6. The van der Waals surface area contributed by atoms with Crippen molar-refractivity contribution in [1.82, 2.24) is 39.6 Å². The summed E-state index contributed by atoms with van der Waals surface area (Å²) in [7, 11) is 3.93. The fourth-order valence-electron chi connectivity index (χ4n) is 7.76. The van der Waals surface area contributed by atoms with E-state index in [0.29, 0.717) is 46.9 Å². The number of amides is 1. The van der Waals surface area contributed by atoms with Crippen molar-refractivity contribution >= 4 is 38.7 Å². The molecule has 254 valence electrons. The zero-order chi connectivity index (χ0) is 34.4. The van der Waals surface area contributed by atoms with Crippen LogP contribution in [0.15, 0.2) is 42.6 Å². The molecule has 0 spiro atoms. The van der Waals surface area contributed by atoms with Gasteiger partial charge in [0.1, 0.15) is 23.8 Å². The SMILES string of the molecule is Cc1cc2c(nc(O[C@@H](C)C3CCCN3C)c3nnn([C@H]4CCN(C(=O)/C=C/CF)[C@H](CC#N)C4)c32)c(F)c1-c1ccc2cnn(C)c2c1. The average molecular weight is 668 g/mol. The summed E-state index contributed by atoms with van der Waals surface area (Å²) in [6.07, 6.45) is 7.04. The molecule has 2 aromatic carbocycles. The molecule has 0 saturated carbocycles. The third-order valence-electron chi connectivity index (χ3n) is 10.3. The summed E-state index contributed by atoms with van der Waals surface area (Å²) in [4.78, 5) is 21.6. The normalized spacial score (nSPS) is 20.9. The molecule has 7 rings (SSSR count). The zero-order valence-corrected chi connectivity index (χ0v) is 28.1. The molecule has 11 nitrogen and oxygen atoms in total. The lowest BCUT2D eigenvalue weighted by Gasteiger charge is -2.38. The first-order chi connectivity index (χ1) is 23.7. The Kier molecular flexibility index (Phi) is 8.75. The Bertz CT molecular complexity index is 2130. The first-order valence-electron chi connectivity index (χ1n) is 16.8. The predicted molar refractivity (Wildman–Crippen MR) is 182 cm³/mol. The molecule has 2 fully saturated rings. The molecule has 4 atom stereocenters. The second-order valence-corrected chi connectivity index (χ2v) is 13.3. The van der Waals surface area contributed by atoms with Gasteiger partial charge in [0.05, 0.1) is 30.2 Å². The summed E-state index contributed by atoms with van der Waals surface area (Å²) in [6.45, 7) is 4.46. The van der Waals surface area contributed by atoms with Crippen LogP contribution in [0.4, 0.5) is 8.78 Å². The van der Waals surface area contributed by atoms with Crippen molar-refractivity contribution < 1.29 is 18.3 Å². The van der Waals surface area contributed by atoms with Crippen molar-refractivity contribution in [3.63, 3.8) is 0 Å². The molecule has 13 heteroatoms. The number of ether oxygens (including phenoxy) is 1. The van der Waals surface area contributed by atoms with Crippen LogP contribution in [-0.4, -0.2) is 90.5 Å². The molecule has 0 N–H and O–H groups in total. The molecule has 2 aliphatic rings. The van der Waals surface area contributed by atoms with Gasteiger partial charge in [-0.3, -0.25) is 14.4 Å². The van der Waals surface area contributed by atoms with Crippen molar-refractivity contribution in [2.45, 2.75) is 70.2 Å². The number of allylic oxidation sites excluding steroid dienone is 1. The van der Waals surface area contributed by atoms with Crippen LogP contribution in [0.25, 0.3) is 44.0 Å². The minimum atomic E-state index is -0.743. The monoisotopic (exact) mass is 667 g/mol. The molecule has 0 bridgehead atoms. The number of alkyl halides is 1. The topological polar surface area (TPSA) is 118 Å². The Balaban J connectivity index is 1.37. The molecule has 2 aliphatic heterocycles. The Morgan fingerprint density at radius 1 is 1.20 bits per heavy atom. The van der Waals surface area contributed by atoms with Crippen LogP contribution in [0.1, 0.15) is 50.6 Å². The van der Waals surface area contributed by atoms with Gasteiger partial charge >= 0.3 is 0 Å². The molecule has 0 radical (unpaired) electrons. The Hall–Kier alpha value is -4.96. The number of piperidine rings is 1. The highest BCUT2D eigenvalue weighted by Gasteiger charge is 2.35. The van der Waals surface area contributed by atoms with Gasteiger partial charge in [-0.1, -0.05) is 17.3 Å². The molecule has 3 aromatic heterocycles. The summed E-state index contributed by atoms with van der Waals surface area (Å²) >= 11 is 0. The minimum Gasteiger partial charge on any atom is -0.471 e. The zero-order valence-electron chi connectivity index (χ0n) is 28.1. The van der Waals surface area contributed by atoms with Gasteiger partial charge in [0, 0.05) is 48.1 Å². The van der Waals surface area contributed by atoms with Crippen LogP contribution in [0.5, 0.6) is 5.88 Å². The van der Waals surface area contributed by atoms with Crippen molar-refractivity contribution in [2.75, 3.05) is 26.8 Å². The van der Waals surface area contributed by atoms with Crippen LogP contribution < -0.4 is 4.74 Å². The van der Waals surface area contributed by atoms with E-state index < -0.39 is 18.5 Å². The molecule has 2 saturated heterocycles.